The van der Waals surface area contributed by atoms with Crippen molar-refractivity contribution in [1.82, 2.24) is 0 Å². The SMILES string of the molecule is CS(=O)(=O)Cc1ccc(C(=O)Nc2ccc(NC(=O)c3ccccc3F)cc2C(F)(F)F)cc1. The van der Waals surface area contributed by atoms with Crippen molar-refractivity contribution < 1.29 is 35.6 Å². The standard InChI is InChI=1S/C23H18F4N2O4S/c1-34(32,33)13-14-6-8-15(9-7-14)21(30)29-20-11-10-16(12-18(20)23(25,26)27)28-22(31)17-4-2-3-5-19(17)24/h2-12H,13H2,1H3,(H,28,31)(H,29,30). The van der Waals surface area contributed by atoms with Crippen molar-refractivity contribution in [2.45, 2.75) is 11.9 Å². The summed E-state index contributed by atoms with van der Waals surface area (Å²) in [5, 5.41) is 4.38. The Morgan fingerprint density at radius 1 is 0.882 bits per heavy atom. The molecule has 0 spiro atoms. The van der Waals surface area contributed by atoms with Gasteiger partial charge in [0.1, 0.15) is 5.82 Å². The summed E-state index contributed by atoms with van der Waals surface area (Å²) in [6, 6.07) is 13.1. The summed E-state index contributed by atoms with van der Waals surface area (Å²) in [5.74, 6) is -2.85. The van der Waals surface area contributed by atoms with Crippen molar-refractivity contribution in [1.29, 1.82) is 0 Å². The first-order chi connectivity index (χ1) is 15.8. The molecule has 0 heterocycles. The van der Waals surface area contributed by atoms with E-state index in [9.17, 15) is 35.6 Å². The van der Waals surface area contributed by atoms with E-state index in [-0.39, 0.29) is 22.6 Å². The molecular weight excluding hydrogens is 476 g/mol. The van der Waals surface area contributed by atoms with Gasteiger partial charge in [0.15, 0.2) is 9.84 Å². The van der Waals surface area contributed by atoms with Crippen molar-refractivity contribution in [3.8, 4) is 0 Å². The third-order valence-corrected chi connectivity index (χ3v) is 5.45. The van der Waals surface area contributed by atoms with Gasteiger partial charge in [0.2, 0.25) is 0 Å². The van der Waals surface area contributed by atoms with Gasteiger partial charge in [0, 0.05) is 17.5 Å². The molecule has 0 aliphatic rings. The molecule has 0 saturated carbocycles. The summed E-state index contributed by atoms with van der Waals surface area (Å²) in [7, 11) is -3.29. The van der Waals surface area contributed by atoms with Crippen LogP contribution in [0.4, 0.5) is 28.9 Å². The Labute approximate surface area is 192 Å². The van der Waals surface area contributed by atoms with E-state index in [1.54, 1.807) is 0 Å². The normalized spacial score (nSPS) is 11.7. The number of carbonyl (C=O) groups is 2. The van der Waals surface area contributed by atoms with Crippen LogP contribution in [0.3, 0.4) is 0 Å². The highest BCUT2D eigenvalue weighted by atomic mass is 32.2. The fourth-order valence-electron chi connectivity index (χ4n) is 3.06. The van der Waals surface area contributed by atoms with E-state index in [0.717, 1.165) is 24.5 Å². The lowest BCUT2D eigenvalue weighted by molar-refractivity contribution is -0.136. The van der Waals surface area contributed by atoms with Crippen LogP contribution in [0.15, 0.2) is 66.7 Å². The number of alkyl halides is 3. The van der Waals surface area contributed by atoms with Gasteiger partial charge in [0.25, 0.3) is 11.8 Å². The van der Waals surface area contributed by atoms with Gasteiger partial charge in [-0.05, 0) is 48.0 Å². The van der Waals surface area contributed by atoms with Crippen molar-refractivity contribution in [2.75, 3.05) is 16.9 Å². The highest BCUT2D eigenvalue weighted by molar-refractivity contribution is 7.89. The molecule has 0 bridgehead atoms. The zero-order chi connectivity index (χ0) is 25.1. The molecule has 0 aliphatic carbocycles. The summed E-state index contributed by atoms with van der Waals surface area (Å²) in [4.78, 5) is 24.7. The van der Waals surface area contributed by atoms with Crippen LogP contribution in [0.1, 0.15) is 31.8 Å². The first-order valence-corrected chi connectivity index (χ1v) is 11.7. The molecule has 3 aromatic rings. The summed E-state index contributed by atoms with van der Waals surface area (Å²) < 4.78 is 77.4. The number of hydrogen-bond acceptors (Lipinski definition) is 4. The molecule has 2 amide bonds. The topological polar surface area (TPSA) is 92.3 Å². The van der Waals surface area contributed by atoms with Crippen LogP contribution < -0.4 is 10.6 Å². The Bertz CT molecular complexity index is 1340. The minimum absolute atomic E-state index is 0.0160. The smallest absolute Gasteiger partial charge is 0.322 e. The first kappa shape index (κ1) is 24.9. The number of amides is 2. The van der Waals surface area contributed by atoms with Gasteiger partial charge in [-0.1, -0.05) is 24.3 Å². The van der Waals surface area contributed by atoms with E-state index < -0.39 is 44.9 Å². The Morgan fingerprint density at radius 2 is 1.53 bits per heavy atom. The number of carbonyl (C=O) groups excluding carboxylic acids is 2. The lowest BCUT2D eigenvalue weighted by atomic mass is 10.1. The summed E-state index contributed by atoms with van der Waals surface area (Å²) in [5.41, 5.74) is -1.92. The molecule has 0 aromatic heterocycles. The Balaban J connectivity index is 1.82. The van der Waals surface area contributed by atoms with Gasteiger partial charge in [-0.25, -0.2) is 12.8 Å². The third kappa shape index (κ3) is 6.41. The molecule has 2 N–H and O–H groups in total. The van der Waals surface area contributed by atoms with Gasteiger partial charge in [-0.15, -0.1) is 0 Å². The first-order valence-electron chi connectivity index (χ1n) is 9.68. The zero-order valence-corrected chi connectivity index (χ0v) is 18.4. The molecule has 34 heavy (non-hydrogen) atoms. The van der Waals surface area contributed by atoms with Gasteiger partial charge < -0.3 is 10.6 Å². The molecule has 0 unspecified atom stereocenters. The zero-order valence-electron chi connectivity index (χ0n) is 17.6. The van der Waals surface area contributed by atoms with Crippen molar-refractivity contribution in [3.63, 3.8) is 0 Å². The molecule has 0 fully saturated rings. The molecule has 0 atom stereocenters. The number of halogens is 4. The molecule has 3 aromatic carbocycles. The van der Waals surface area contributed by atoms with E-state index in [4.69, 9.17) is 0 Å². The van der Waals surface area contributed by atoms with Crippen molar-refractivity contribution in [3.05, 3.63) is 94.8 Å². The van der Waals surface area contributed by atoms with Gasteiger partial charge in [-0.2, -0.15) is 13.2 Å². The molecular formula is C23H18F4N2O4S. The second kappa shape index (κ2) is 9.64. The summed E-state index contributed by atoms with van der Waals surface area (Å²) >= 11 is 0. The fourth-order valence-corrected chi connectivity index (χ4v) is 3.86. The highest BCUT2D eigenvalue weighted by Gasteiger charge is 2.34. The number of sulfone groups is 1. The molecule has 6 nitrogen and oxygen atoms in total. The van der Waals surface area contributed by atoms with Crippen LogP contribution in [0.25, 0.3) is 0 Å². The van der Waals surface area contributed by atoms with E-state index in [0.29, 0.717) is 11.6 Å². The van der Waals surface area contributed by atoms with Crippen LogP contribution in [-0.2, 0) is 21.8 Å². The van der Waals surface area contributed by atoms with Crippen LogP contribution >= 0.6 is 0 Å². The fraction of sp³-hybridized carbons (Fsp3) is 0.130. The lowest BCUT2D eigenvalue weighted by Gasteiger charge is -2.16. The second-order valence-electron chi connectivity index (χ2n) is 7.41. The second-order valence-corrected chi connectivity index (χ2v) is 9.55. The van der Waals surface area contributed by atoms with E-state index in [2.05, 4.69) is 10.6 Å². The predicted octanol–water partition coefficient (Wildman–Crippen LogP) is 4.89. The van der Waals surface area contributed by atoms with Gasteiger partial charge in [-0.3, -0.25) is 9.59 Å². The van der Waals surface area contributed by atoms with E-state index in [1.807, 2.05) is 0 Å². The number of anilines is 2. The number of rotatable bonds is 6. The van der Waals surface area contributed by atoms with Crippen LogP contribution in [-0.4, -0.2) is 26.5 Å². The van der Waals surface area contributed by atoms with Crippen LogP contribution in [0.5, 0.6) is 0 Å². The van der Waals surface area contributed by atoms with Crippen molar-refractivity contribution >= 4 is 33.0 Å². The third-order valence-electron chi connectivity index (χ3n) is 4.59. The molecule has 178 valence electrons. The maximum absolute atomic E-state index is 13.8. The molecule has 3 rings (SSSR count). The molecule has 0 saturated heterocycles. The average molecular weight is 494 g/mol. The Kier molecular flexibility index (Phi) is 7.06. The highest BCUT2D eigenvalue weighted by Crippen LogP contribution is 2.37. The molecule has 0 aliphatic heterocycles. The van der Waals surface area contributed by atoms with Gasteiger partial charge >= 0.3 is 6.18 Å². The number of benzene rings is 3. The van der Waals surface area contributed by atoms with Gasteiger partial charge in [0.05, 0.1) is 22.6 Å². The van der Waals surface area contributed by atoms with Crippen LogP contribution in [0.2, 0.25) is 0 Å². The van der Waals surface area contributed by atoms with E-state index in [1.165, 1.54) is 42.5 Å². The molecule has 11 heteroatoms. The monoisotopic (exact) mass is 494 g/mol. The summed E-state index contributed by atoms with van der Waals surface area (Å²) in [6.45, 7) is 0. The predicted molar refractivity (Wildman–Crippen MR) is 119 cm³/mol. The average Bonchev–Trinajstić information content (AvgIpc) is 2.73. The van der Waals surface area contributed by atoms with E-state index >= 15 is 0 Å². The largest absolute Gasteiger partial charge is 0.418 e. The molecule has 0 radical (unpaired) electrons. The lowest BCUT2D eigenvalue weighted by Crippen LogP contribution is -2.18. The summed E-state index contributed by atoms with van der Waals surface area (Å²) in [6.07, 6.45) is -3.82. The number of nitrogens with one attached hydrogen (secondary N) is 2. The Hall–Kier alpha value is -3.73. The maximum Gasteiger partial charge on any atom is 0.418 e. The quantitative estimate of drug-likeness (QED) is 0.477. The maximum atomic E-state index is 13.8. The minimum Gasteiger partial charge on any atom is -0.322 e. The van der Waals surface area contributed by atoms with Crippen molar-refractivity contribution in [2.24, 2.45) is 0 Å². The number of hydrogen-bond donors (Lipinski definition) is 2. The Morgan fingerprint density at radius 3 is 2.12 bits per heavy atom. The minimum atomic E-state index is -4.87. The van der Waals surface area contributed by atoms with Crippen LogP contribution in [0, 0.1) is 5.82 Å².